The van der Waals surface area contributed by atoms with Crippen molar-refractivity contribution in [3.8, 4) is 0 Å². The van der Waals surface area contributed by atoms with Crippen LogP contribution in [0, 0.1) is 0 Å². The molecule has 7 heteroatoms. The van der Waals surface area contributed by atoms with E-state index in [1.165, 1.54) is 0 Å². The Labute approximate surface area is 64.3 Å². The molecule has 0 aliphatic heterocycles. The highest BCUT2D eigenvalue weighted by Gasteiger charge is 2.64. The molecule has 0 rings (SSSR count). The third-order valence-corrected chi connectivity index (χ3v) is 1.02. The Hall–Kier alpha value is -0.460. The van der Waals surface area contributed by atoms with E-state index < -0.39 is 25.1 Å². The van der Waals surface area contributed by atoms with E-state index in [2.05, 4.69) is 4.74 Å². The Kier molecular flexibility index (Phi) is 3.37. The summed E-state index contributed by atoms with van der Waals surface area (Å²) >= 11 is 0. The number of hydrogen-bond acceptors (Lipinski definition) is 1. The summed E-state index contributed by atoms with van der Waals surface area (Å²) in [6.07, 6.45) is -9.95. The van der Waals surface area contributed by atoms with Crippen molar-refractivity contribution < 1.29 is 31.1 Å². The topological polar surface area (TPSA) is 9.23 Å². The van der Waals surface area contributed by atoms with Gasteiger partial charge >= 0.3 is 18.5 Å². The molecule has 1 unspecified atom stereocenters. The minimum Gasteiger partial charge on any atom is -0.335 e. The van der Waals surface area contributed by atoms with E-state index in [1.54, 1.807) is 0 Å². The average molecular weight is 196 g/mol. The van der Waals surface area contributed by atoms with Crippen molar-refractivity contribution in [3.05, 3.63) is 0 Å². The van der Waals surface area contributed by atoms with Crippen LogP contribution in [0.4, 0.5) is 26.3 Å². The van der Waals surface area contributed by atoms with Gasteiger partial charge in [0.15, 0.2) is 0 Å². The van der Waals surface area contributed by atoms with Crippen LogP contribution in [0.2, 0.25) is 0 Å². The van der Waals surface area contributed by atoms with Gasteiger partial charge in [0, 0.05) is 6.61 Å². The smallest absolute Gasteiger partial charge is 0.335 e. The first-order valence-electron chi connectivity index (χ1n) is 2.93. The molecule has 0 aromatic heterocycles. The van der Waals surface area contributed by atoms with E-state index in [9.17, 15) is 26.3 Å². The molecule has 74 valence electrons. The molecule has 0 bridgehead atoms. The maximum atomic E-state index is 12.3. The van der Waals surface area contributed by atoms with Crippen molar-refractivity contribution in [2.75, 3.05) is 6.61 Å². The van der Waals surface area contributed by atoms with Crippen molar-refractivity contribution in [2.24, 2.45) is 0 Å². The van der Waals surface area contributed by atoms with Gasteiger partial charge < -0.3 is 4.74 Å². The highest BCUT2D eigenvalue weighted by Crippen LogP contribution is 2.39. The molecule has 0 fully saturated rings. The molecule has 0 radical (unpaired) electrons. The van der Waals surface area contributed by atoms with Gasteiger partial charge in [-0.3, -0.25) is 0 Å². The van der Waals surface area contributed by atoms with E-state index in [0.29, 0.717) is 0 Å². The van der Waals surface area contributed by atoms with Gasteiger partial charge in [-0.1, -0.05) is 0 Å². The number of rotatable bonds is 3. The van der Waals surface area contributed by atoms with Gasteiger partial charge in [-0.2, -0.15) is 17.6 Å². The third kappa shape index (κ3) is 2.02. The number of alkyl halides is 6. The number of hydrogen-bond donors (Lipinski definition) is 0. The summed E-state index contributed by atoms with van der Waals surface area (Å²) in [6.45, 7) is 0.211. The zero-order valence-corrected chi connectivity index (χ0v) is 5.96. The van der Waals surface area contributed by atoms with Crippen LogP contribution in [0.15, 0.2) is 0 Å². The van der Waals surface area contributed by atoms with Crippen LogP contribution in [-0.4, -0.2) is 25.1 Å². The standard InChI is InChI=1S/C5H6F6O/c1-2-12-4(8,3(6)7)5(9,10)11/h3H,2H2,1H3. The molecule has 0 aliphatic rings. The Morgan fingerprint density at radius 1 is 1.17 bits per heavy atom. The summed E-state index contributed by atoms with van der Waals surface area (Å²) in [4.78, 5) is 0. The molecule has 0 N–H and O–H groups in total. The SMILES string of the molecule is CCOC(F)(C(F)F)C(F)(F)F. The lowest BCUT2D eigenvalue weighted by molar-refractivity contribution is -0.368. The van der Waals surface area contributed by atoms with Crippen molar-refractivity contribution in [1.82, 2.24) is 0 Å². The minimum absolute atomic E-state index is 0.777. The molecule has 0 saturated heterocycles. The van der Waals surface area contributed by atoms with Gasteiger partial charge in [0.2, 0.25) is 0 Å². The Morgan fingerprint density at radius 3 is 1.67 bits per heavy atom. The molecule has 0 heterocycles. The van der Waals surface area contributed by atoms with Gasteiger partial charge in [-0.05, 0) is 6.92 Å². The molecule has 0 aromatic rings. The van der Waals surface area contributed by atoms with Crippen molar-refractivity contribution >= 4 is 0 Å². The molecular formula is C5H6F6O. The van der Waals surface area contributed by atoms with E-state index in [1.807, 2.05) is 0 Å². The molecule has 1 nitrogen and oxygen atoms in total. The largest absolute Gasteiger partial charge is 0.454 e. The molecule has 1 atom stereocenters. The maximum Gasteiger partial charge on any atom is 0.454 e. The van der Waals surface area contributed by atoms with E-state index in [0.717, 1.165) is 6.92 Å². The third-order valence-electron chi connectivity index (χ3n) is 1.02. The number of halogens is 6. The van der Waals surface area contributed by atoms with Crippen molar-refractivity contribution in [3.63, 3.8) is 0 Å². The predicted octanol–water partition coefficient (Wildman–Crippen LogP) is 2.52. The summed E-state index contributed by atoms with van der Waals surface area (Å²) in [6, 6.07) is 0. The van der Waals surface area contributed by atoms with Gasteiger partial charge in [0.1, 0.15) is 0 Å². The van der Waals surface area contributed by atoms with Gasteiger partial charge in [0.25, 0.3) is 0 Å². The molecule has 0 aromatic carbocycles. The molecular weight excluding hydrogens is 190 g/mol. The monoisotopic (exact) mass is 196 g/mol. The van der Waals surface area contributed by atoms with Gasteiger partial charge in [0.05, 0.1) is 0 Å². The van der Waals surface area contributed by atoms with Gasteiger partial charge in [-0.25, -0.2) is 8.78 Å². The first kappa shape index (κ1) is 11.5. The molecule has 0 amide bonds. The van der Waals surface area contributed by atoms with Crippen LogP contribution in [0.1, 0.15) is 6.92 Å². The second-order valence-corrected chi connectivity index (χ2v) is 1.88. The summed E-state index contributed by atoms with van der Waals surface area (Å²) in [5.41, 5.74) is 0. The first-order valence-corrected chi connectivity index (χ1v) is 2.93. The molecule has 0 spiro atoms. The Balaban J connectivity index is 4.62. The van der Waals surface area contributed by atoms with E-state index in [4.69, 9.17) is 0 Å². The first-order chi connectivity index (χ1) is 5.25. The summed E-state index contributed by atoms with van der Waals surface area (Å²) < 4.78 is 73.4. The summed E-state index contributed by atoms with van der Waals surface area (Å²) in [7, 11) is 0. The lowest BCUT2D eigenvalue weighted by Crippen LogP contribution is -2.49. The van der Waals surface area contributed by atoms with Crippen molar-refractivity contribution in [1.29, 1.82) is 0 Å². The quantitative estimate of drug-likeness (QED) is 0.630. The second kappa shape index (κ2) is 3.51. The fourth-order valence-corrected chi connectivity index (χ4v) is 0.479. The summed E-state index contributed by atoms with van der Waals surface area (Å²) in [5, 5.41) is 0. The maximum absolute atomic E-state index is 12.3. The lowest BCUT2D eigenvalue weighted by atomic mass is 10.3. The van der Waals surface area contributed by atoms with Crippen LogP contribution in [-0.2, 0) is 4.74 Å². The predicted molar refractivity (Wildman–Crippen MR) is 27.5 cm³/mol. The minimum atomic E-state index is -5.71. The van der Waals surface area contributed by atoms with Crippen LogP contribution < -0.4 is 0 Å². The second-order valence-electron chi connectivity index (χ2n) is 1.88. The Bertz CT molecular complexity index is 143. The zero-order chi connectivity index (χ0) is 9.99. The molecule has 0 saturated carbocycles. The van der Waals surface area contributed by atoms with Gasteiger partial charge in [-0.15, -0.1) is 0 Å². The summed E-state index contributed by atoms with van der Waals surface area (Å²) in [5.74, 6) is -4.85. The van der Waals surface area contributed by atoms with E-state index in [-0.39, 0.29) is 0 Å². The fraction of sp³-hybridized carbons (Fsp3) is 1.00. The normalized spacial score (nSPS) is 18.0. The van der Waals surface area contributed by atoms with Crippen LogP contribution in [0.25, 0.3) is 0 Å². The van der Waals surface area contributed by atoms with E-state index >= 15 is 0 Å². The fourth-order valence-electron chi connectivity index (χ4n) is 0.479. The molecule has 12 heavy (non-hydrogen) atoms. The Morgan fingerprint density at radius 2 is 1.58 bits per heavy atom. The highest BCUT2D eigenvalue weighted by molar-refractivity contribution is 4.79. The number of ether oxygens (including phenoxy) is 1. The molecule has 0 aliphatic carbocycles. The van der Waals surface area contributed by atoms with Crippen LogP contribution >= 0.6 is 0 Å². The lowest BCUT2D eigenvalue weighted by Gasteiger charge is -2.25. The zero-order valence-electron chi connectivity index (χ0n) is 5.96. The highest BCUT2D eigenvalue weighted by atomic mass is 19.4. The average Bonchev–Trinajstić information content (AvgIpc) is 1.85. The van der Waals surface area contributed by atoms with Crippen LogP contribution in [0.5, 0.6) is 0 Å². The van der Waals surface area contributed by atoms with Crippen LogP contribution in [0.3, 0.4) is 0 Å². The van der Waals surface area contributed by atoms with Crippen molar-refractivity contribution in [2.45, 2.75) is 25.4 Å².